The zero-order valence-electron chi connectivity index (χ0n) is 12.7. The molecule has 7 nitrogen and oxygen atoms in total. The molecule has 0 amide bonds. The topological polar surface area (TPSA) is 81.2 Å². The maximum absolute atomic E-state index is 6.01. The summed E-state index contributed by atoms with van der Waals surface area (Å²) in [5.74, 6) is 2.23. The number of anilines is 4. The predicted molar refractivity (Wildman–Crippen MR) is 95.4 cm³/mol. The van der Waals surface area contributed by atoms with Crippen molar-refractivity contribution in [2.24, 2.45) is 0 Å². The second-order valence-electron chi connectivity index (χ2n) is 5.11. The van der Waals surface area contributed by atoms with Crippen LogP contribution in [-0.4, -0.2) is 22.0 Å². The van der Waals surface area contributed by atoms with E-state index in [1.54, 1.807) is 18.2 Å². The molecule has 0 saturated carbocycles. The van der Waals surface area contributed by atoms with E-state index in [9.17, 15) is 0 Å². The molecule has 0 aliphatic carbocycles. The van der Waals surface area contributed by atoms with Gasteiger partial charge in [-0.1, -0.05) is 23.2 Å². The molecule has 9 heteroatoms. The van der Waals surface area contributed by atoms with Crippen LogP contribution in [0.1, 0.15) is 0 Å². The molecule has 1 aromatic heterocycles. The SMILES string of the molecule is Clc1ccc(Nc2cnnc(Nc3ccc4c(c3)OCO4)n2)cc1Cl. The van der Waals surface area contributed by atoms with Crippen molar-refractivity contribution in [2.75, 3.05) is 17.4 Å². The Labute approximate surface area is 152 Å². The van der Waals surface area contributed by atoms with Crippen molar-refractivity contribution in [3.05, 3.63) is 52.6 Å². The first-order chi connectivity index (χ1) is 12.2. The summed E-state index contributed by atoms with van der Waals surface area (Å²) >= 11 is 11.9. The van der Waals surface area contributed by atoms with Crippen LogP contribution in [0.4, 0.5) is 23.1 Å². The summed E-state index contributed by atoms with van der Waals surface area (Å²) in [6, 6.07) is 10.7. The molecule has 0 saturated heterocycles. The molecule has 3 aromatic rings. The van der Waals surface area contributed by atoms with Crippen LogP contribution < -0.4 is 20.1 Å². The van der Waals surface area contributed by atoms with Crippen molar-refractivity contribution >= 4 is 46.3 Å². The smallest absolute Gasteiger partial charge is 0.249 e. The van der Waals surface area contributed by atoms with Gasteiger partial charge in [-0.05, 0) is 30.3 Å². The zero-order chi connectivity index (χ0) is 17.2. The summed E-state index contributed by atoms with van der Waals surface area (Å²) in [6.07, 6.45) is 1.51. The molecule has 0 bridgehead atoms. The number of halogens is 2. The van der Waals surface area contributed by atoms with E-state index >= 15 is 0 Å². The van der Waals surface area contributed by atoms with E-state index in [2.05, 4.69) is 25.8 Å². The van der Waals surface area contributed by atoms with Crippen LogP contribution in [0.3, 0.4) is 0 Å². The van der Waals surface area contributed by atoms with Crippen LogP contribution in [0.5, 0.6) is 11.5 Å². The van der Waals surface area contributed by atoms with Crippen molar-refractivity contribution in [1.29, 1.82) is 0 Å². The lowest BCUT2D eigenvalue weighted by molar-refractivity contribution is 0.174. The van der Waals surface area contributed by atoms with Crippen LogP contribution in [0.25, 0.3) is 0 Å². The van der Waals surface area contributed by atoms with E-state index in [1.807, 2.05) is 18.2 Å². The Kier molecular flexibility index (Phi) is 4.17. The average molecular weight is 376 g/mol. The highest BCUT2D eigenvalue weighted by Gasteiger charge is 2.13. The minimum absolute atomic E-state index is 0.222. The van der Waals surface area contributed by atoms with Gasteiger partial charge in [0.05, 0.1) is 16.2 Å². The van der Waals surface area contributed by atoms with Crippen molar-refractivity contribution < 1.29 is 9.47 Å². The fraction of sp³-hybridized carbons (Fsp3) is 0.0625. The molecule has 0 atom stereocenters. The lowest BCUT2D eigenvalue weighted by Gasteiger charge is -2.08. The quantitative estimate of drug-likeness (QED) is 0.699. The Morgan fingerprint density at radius 2 is 1.68 bits per heavy atom. The van der Waals surface area contributed by atoms with Gasteiger partial charge in [-0.15, -0.1) is 5.10 Å². The number of aromatic nitrogens is 3. The first-order valence-corrected chi connectivity index (χ1v) is 8.01. The average Bonchev–Trinajstić information content (AvgIpc) is 3.06. The highest BCUT2D eigenvalue weighted by Crippen LogP contribution is 2.34. The standard InChI is InChI=1S/C16H11Cl2N5O2/c17-11-3-1-9(5-12(11)18)20-15-7-19-23-16(22-15)21-10-2-4-13-14(6-10)25-8-24-13/h1-7H,8H2,(H2,20,21,22,23). The molecule has 1 aliphatic heterocycles. The summed E-state index contributed by atoms with van der Waals surface area (Å²) in [5, 5.41) is 15.0. The van der Waals surface area contributed by atoms with E-state index in [4.69, 9.17) is 32.7 Å². The number of benzene rings is 2. The summed E-state index contributed by atoms with van der Waals surface area (Å²) in [5.41, 5.74) is 1.50. The van der Waals surface area contributed by atoms with Crippen LogP contribution in [0, 0.1) is 0 Å². The van der Waals surface area contributed by atoms with E-state index < -0.39 is 0 Å². The molecule has 0 spiro atoms. The summed E-state index contributed by atoms with van der Waals surface area (Å²) in [7, 11) is 0. The largest absolute Gasteiger partial charge is 0.454 e. The van der Waals surface area contributed by atoms with Crippen molar-refractivity contribution in [3.63, 3.8) is 0 Å². The molecule has 126 valence electrons. The van der Waals surface area contributed by atoms with Crippen LogP contribution in [0.15, 0.2) is 42.6 Å². The summed E-state index contributed by atoms with van der Waals surface area (Å²) < 4.78 is 10.6. The number of rotatable bonds is 4. The molecular formula is C16H11Cl2N5O2. The normalized spacial score (nSPS) is 12.1. The van der Waals surface area contributed by atoms with E-state index in [0.717, 1.165) is 11.4 Å². The predicted octanol–water partition coefficient (Wildman–Crippen LogP) is 4.39. The lowest BCUT2D eigenvalue weighted by Crippen LogP contribution is -2.02. The Hall–Kier alpha value is -2.77. The number of fused-ring (bicyclic) bond motifs is 1. The van der Waals surface area contributed by atoms with Gasteiger partial charge in [-0.2, -0.15) is 10.1 Å². The van der Waals surface area contributed by atoms with Crippen LogP contribution in [0.2, 0.25) is 10.0 Å². The molecule has 25 heavy (non-hydrogen) atoms. The minimum atomic E-state index is 0.222. The molecule has 0 radical (unpaired) electrons. The lowest BCUT2D eigenvalue weighted by atomic mass is 10.3. The Balaban J connectivity index is 1.52. The van der Waals surface area contributed by atoms with Gasteiger partial charge in [0.25, 0.3) is 0 Å². The Bertz CT molecular complexity index is 938. The molecule has 2 heterocycles. The van der Waals surface area contributed by atoms with Gasteiger partial charge in [0.2, 0.25) is 12.7 Å². The van der Waals surface area contributed by atoms with E-state index in [0.29, 0.717) is 33.3 Å². The van der Waals surface area contributed by atoms with Crippen molar-refractivity contribution in [3.8, 4) is 11.5 Å². The zero-order valence-corrected chi connectivity index (χ0v) is 14.2. The number of ether oxygens (including phenoxy) is 2. The molecular weight excluding hydrogens is 365 g/mol. The van der Waals surface area contributed by atoms with Crippen molar-refractivity contribution in [1.82, 2.24) is 15.2 Å². The third-order valence-corrected chi connectivity index (χ3v) is 4.12. The Morgan fingerprint density at radius 3 is 2.56 bits per heavy atom. The molecule has 2 N–H and O–H groups in total. The second-order valence-corrected chi connectivity index (χ2v) is 5.93. The maximum Gasteiger partial charge on any atom is 0.249 e. The fourth-order valence-electron chi connectivity index (χ4n) is 2.24. The molecule has 0 fully saturated rings. The van der Waals surface area contributed by atoms with Gasteiger partial charge in [0.1, 0.15) is 0 Å². The molecule has 2 aromatic carbocycles. The fourth-order valence-corrected chi connectivity index (χ4v) is 2.54. The first-order valence-electron chi connectivity index (χ1n) is 7.26. The first kappa shape index (κ1) is 15.7. The Morgan fingerprint density at radius 1 is 0.880 bits per heavy atom. The summed E-state index contributed by atoms with van der Waals surface area (Å²) in [4.78, 5) is 4.36. The third-order valence-electron chi connectivity index (χ3n) is 3.38. The maximum atomic E-state index is 6.01. The van der Waals surface area contributed by atoms with Crippen LogP contribution >= 0.6 is 23.2 Å². The highest BCUT2D eigenvalue weighted by molar-refractivity contribution is 6.42. The molecule has 4 rings (SSSR count). The molecule has 0 unspecified atom stereocenters. The number of nitrogens with one attached hydrogen (secondary N) is 2. The third kappa shape index (κ3) is 3.52. The van der Waals surface area contributed by atoms with Gasteiger partial charge in [0, 0.05) is 17.4 Å². The van der Waals surface area contributed by atoms with E-state index in [-0.39, 0.29) is 6.79 Å². The van der Waals surface area contributed by atoms with Crippen molar-refractivity contribution in [2.45, 2.75) is 0 Å². The van der Waals surface area contributed by atoms with Gasteiger partial charge in [0.15, 0.2) is 17.3 Å². The van der Waals surface area contributed by atoms with Crippen LogP contribution in [-0.2, 0) is 0 Å². The monoisotopic (exact) mass is 375 g/mol. The van der Waals surface area contributed by atoms with Gasteiger partial charge < -0.3 is 20.1 Å². The minimum Gasteiger partial charge on any atom is -0.454 e. The van der Waals surface area contributed by atoms with E-state index in [1.165, 1.54) is 6.20 Å². The highest BCUT2D eigenvalue weighted by atomic mass is 35.5. The molecule has 1 aliphatic rings. The number of hydrogen-bond acceptors (Lipinski definition) is 7. The second kappa shape index (κ2) is 6.62. The van der Waals surface area contributed by atoms with Gasteiger partial charge >= 0.3 is 0 Å². The van der Waals surface area contributed by atoms with Gasteiger partial charge in [-0.3, -0.25) is 0 Å². The van der Waals surface area contributed by atoms with Gasteiger partial charge in [-0.25, -0.2) is 0 Å². The number of nitrogens with zero attached hydrogens (tertiary/aromatic N) is 3. The number of hydrogen-bond donors (Lipinski definition) is 2. The summed E-state index contributed by atoms with van der Waals surface area (Å²) in [6.45, 7) is 0.222.